The van der Waals surface area contributed by atoms with Crippen LogP contribution in [0.25, 0.3) is 16.6 Å². The van der Waals surface area contributed by atoms with Crippen molar-refractivity contribution in [2.45, 2.75) is 25.1 Å². The molecule has 0 spiro atoms. The standard InChI is InChI=1S/C27H32FN5O3/c1-31-12-14-32(15-13-31)11-4-16-36-19-9-7-18(8-10-19)17-22-24(28)25(34)23(26(29)35)27-30-20-5-2-3-6-21(20)33(22)27/h2-3,5-10,22,24,34H,4,11-17H2,1H3,(H2,29,35). The number of hydrogen-bond acceptors (Lipinski definition) is 6. The van der Waals surface area contributed by atoms with Crippen molar-refractivity contribution in [3.63, 3.8) is 0 Å². The number of aromatic nitrogens is 2. The molecule has 2 atom stereocenters. The first-order valence-electron chi connectivity index (χ1n) is 12.4. The zero-order valence-electron chi connectivity index (χ0n) is 20.4. The van der Waals surface area contributed by atoms with Crippen LogP contribution in [0.3, 0.4) is 0 Å². The maximum atomic E-state index is 15.5. The lowest BCUT2D eigenvalue weighted by molar-refractivity contribution is -0.113. The van der Waals surface area contributed by atoms with Crippen LogP contribution in [0.1, 0.15) is 23.9 Å². The van der Waals surface area contributed by atoms with E-state index in [1.54, 1.807) is 10.6 Å². The fraction of sp³-hybridized carbons (Fsp3) is 0.407. The fourth-order valence-corrected chi connectivity index (χ4v) is 5.07. The van der Waals surface area contributed by atoms with Gasteiger partial charge in [0.2, 0.25) is 0 Å². The van der Waals surface area contributed by atoms with Gasteiger partial charge in [-0.1, -0.05) is 24.3 Å². The Morgan fingerprint density at radius 2 is 1.86 bits per heavy atom. The van der Waals surface area contributed by atoms with Crippen molar-refractivity contribution >= 4 is 22.5 Å². The van der Waals surface area contributed by atoms with Gasteiger partial charge in [-0.05, 0) is 49.7 Å². The van der Waals surface area contributed by atoms with E-state index in [-0.39, 0.29) is 11.4 Å². The number of benzene rings is 2. The molecule has 0 bridgehead atoms. The third kappa shape index (κ3) is 4.81. The molecule has 2 unspecified atom stereocenters. The van der Waals surface area contributed by atoms with Gasteiger partial charge in [0.25, 0.3) is 5.91 Å². The van der Waals surface area contributed by atoms with Crippen LogP contribution in [-0.2, 0) is 11.2 Å². The highest BCUT2D eigenvalue weighted by atomic mass is 19.1. The summed E-state index contributed by atoms with van der Waals surface area (Å²) in [4.78, 5) is 21.3. The van der Waals surface area contributed by atoms with Gasteiger partial charge in [0.15, 0.2) is 12.0 Å². The average Bonchev–Trinajstić information content (AvgIpc) is 3.25. The normalized spacial score (nSPS) is 21.1. The zero-order chi connectivity index (χ0) is 25.2. The number of para-hydroxylation sites is 2. The van der Waals surface area contributed by atoms with E-state index in [2.05, 4.69) is 21.8 Å². The number of hydrogen-bond donors (Lipinski definition) is 2. The van der Waals surface area contributed by atoms with E-state index in [1.165, 1.54) is 0 Å². The van der Waals surface area contributed by atoms with E-state index in [1.807, 2.05) is 42.5 Å². The lowest BCUT2D eigenvalue weighted by atomic mass is 9.94. The summed E-state index contributed by atoms with van der Waals surface area (Å²) in [5, 5.41) is 10.5. The number of carbonyl (C=O) groups is 1. The van der Waals surface area contributed by atoms with E-state index in [4.69, 9.17) is 10.5 Å². The maximum Gasteiger partial charge on any atom is 0.256 e. The summed E-state index contributed by atoms with van der Waals surface area (Å²) in [6.07, 6.45) is -0.529. The molecule has 2 aliphatic rings. The molecule has 190 valence electrons. The molecule has 0 saturated carbocycles. The number of likely N-dealkylation sites (N-methyl/N-ethyl adjacent to an activating group) is 1. The van der Waals surface area contributed by atoms with E-state index >= 15 is 4.39 Å². The number of nitrogens with zero attached hydrogens (tertiary/aromatic N) is 4. The third-order valence-corrected chi connectivity index (χ3v) is 7.10. The number of imidazole rings is 1. The minimum atomic E-state index is -1.79. The molecule has 36 heavy (non-hydrogen) atoms. The molecule has 5 rings (SSSR count). The molecule has 3 aromatic rings. The number of amides is 1. The highest BCUT2D eigenvalue weighted by Gasteiger charge is 2.40. The smallest absolute Gasteiger partial charge is 0.256 e. The van der Waals surface area contributed by atoms with Gasteiger partial charge in [0.05, 0.1) is 23.7 Å². The van der Waals surface area contributed by atoms with E-state index in [9.17, 15) is 9.90 Å². The molecule has 0 radical (unpaired) electrons. The summed E-state index contributed by atoms with van der Waals surface area (Å²) >= 11 is 0. The highest BCUT2D eigenvalue weighted by molar-refractivity contribution is 6.19. The first-order chi connectivity index (χ1) is 17.4. The summed E-state index contributed by atoms with van der Waals surface area (Å²) in [5.41, 5.74) is 7.38. The number of carbonyl (C=O) groups excluding carboxylic acids is 1. The quantitative estimate of drug-likeness (QED) is 0.469. The maximum absolute atomic E-state index is 15.5. The van der Waals surface area contributed by atoms with Gasteiger partial charge < -0.3 is 29.9 Å². The molecule has 8 nitrogen and oxygen atoms in total. The number of aliphatic hydroxyl groups excluding tert-OH is 1. The fourth-order valence-electron chi connectivity index (χ4n) is 5.07. The largest absolute Gasteiger partial charge is 0.508 e. The summed E-state index contributed by atoms with van der Waals surface area (Å²) < 4.78 is 23.1. The molecule has 3 heterocycles. The Bertz CT molecular complexity index is 1260. The summed E-state index contributed by atoms with van der Waals surface area (Å²) in [5.74, 6) is -0.597. The molecule has 2 aliphatic heterocycles. The SMILES string of the molecule is CN1CCN(CCCOc2ccc(CC3C(F)C(O)=C(C(N)=O)c4nc5ccccc5n43)cc2)CC1. The second kappa shape index (κ2) is 10.3. The van der Waals surface area contributed by atoms with E-state index in [0.717, 1.165) is 50.5 Å². The summed E-state index contributed by atoms with van der Waals surface area (Å²) in [6, 6.07) is 14.1. The number of primary amides is 1. The van der Waals surface area contributed by atoms with Crippen molar-refractivity contribution in [1.82, 2.24) is 19.4 Å². The van der Waals surface area contributed by atoms with Crippen LogP contribution in [0.2, 0.25) is 0 Å². The molecule has 3 N–H and O–H groups in total. The van der Waals surface area contributed by atoms with Gasteiger partial charge in [-0.3, -0.25) is 4.79 Å². The highest BCUT2D eigenvalue weighted by Crippen LogP contribution is 2.39. The first-order valence-corrected chi connectivity index (χ1v) is 12.4. The predicted molar refractivity (Wildman–Crippen MR) is 137 cm³/mol. The number of halogens is 1. The van der Waals surface area contributed by atoms with E-state index < -0.39 is 23.9 Å². The molecule has 0 aliphatic carbocycles. The monoisotopic (exact) mass is 493 g/mol. The van der Waals surface area contributed by atoms with Crippen LogP contribution >= 0.6 is 0 Å². The van der Waals surface area contributed by atoms with Crippen molar-refractivity contribution in [2.24, 2.45) is 5.73 Å². The van der Waals surface area contributed by atoms with Gasteiger partial charge in [-0.2, -0.15) is 0 Å². The molecule has 2 aromatic carbocycles. The number of alkyl halides is 1. The van der Waals surface area contributed by atoms with Gasteiger partial charge in [0, 0.05) is 32.7 Å². The van der Waals surface area contributed by atoms with Crippen molar-refractivity contribution in [2.75, 3.05) is 46.4 Å². The van der Waals surface area contributed by atoms with Crippen LogP contribution in [0, 0.1) is 0 Å². The molecule has 1 amide bonds. The van der Waals surface area contributed by atoms with Crippen molar-refractivity contribution < 1.29 is 19.0 Å². The van der Waals surface area contributed by atoms with Crippen LogP contribution < -0.4 is 10.5 Å². The summed E-state index contributed by atoms with van der Waals surface area (Å²) in [7, 11) is 2.15. The van der Waals surface area contributed by atoms with Crippen LogP contribution in [0.5, 0.6) is 5.75 Å². The molecule has 1 fully saturated rings. The Balaban J connectivity index is 1.27. The van der Waals surface area contributed by atoms with Gasteiger partial charge >= 0.3 is 0 Å². The average molecular weight is 494 g/mol. The van der Waals surface area contributed by atoms with Gasteiger partial charge in [-0.25, -0.2) is 9.37 Å². The number of ether oxygens (including phenoxy) is 1. The molecule has 1 saturated heterocycles. The lowest BCUT2D eigenvalue weighted by Crippen LogP contribution is -2.44. The third-order valence-electron chi connectivity index (χ3n) is 7.10. The number of aliphatic hydroxyl groups is 1. The Morgan fingerprint density at radius 3 is 2.58 bits per heavy atom. The van der Waals surface area contributed by atoms with E-state index in [0.29, 0.717) is 24.1 Å². The van der Waals surface area contributed by atoms with Crippen LogP contribution in [0.4, 0.5) is 4.39 Å². The number of allylic oxidation sites excluding steroid dienone is 1. The van der Waals surface area contributed by atoms with Crippen LogP contribution in [-0.4, -0.2) is 82.9 Å². The summed E-state index contributed by atoms with van der Waals surface area (Å²) in [6.45, 7) is 6.08. The Labute approximate surface area is 209 Å². The number of piperazine rings is 1. The minimum absolute atomic E-state index is 0.195. The van der Waals surface area contributed by atoms with Crippen molar-refractivity contribution in [3.8, 4) is 5.75 Å². The van der Waals surface area contributed by atoms with Gasteiger partial charge in [-0.15, -0.1) is 0 Å². The minimum Gasteiger partial charge on any atom is -0.508 e. The molecular weight excluding hydrogens is 461 g/mol. The topological polar surface area (TPSA) is 96.8 Å². The Hall–Kier alpha value is -3.43. The Kier molecular flexibility index (Phi) is 6.93. The molecule has 9 heteroatoms. The second-order valence-corrected chi connectivity index (χ2v) is 9.58. The molecule has 1 aromatic heterocycles. The lowest BCUT2D eigenvalue weighted by Gasteiger charge is -2.32. The zero-order valence-corrected chi connectivity index (χ0v) is 20.4. The van der Waals surface area contributed by atoms with Crippen molar-refractivity contribution in [3.05, 3.63) is 65.7 Å². The molecular formula is C27H32FN5O3. The predicted octanol–water partition coefficient (Wildman–Crippen LogP) is 2.94. The van der Waals surface area contributed by atoms with Gasteiger partial charge in [0.1, 0.15) is 17.1 Å². The number of fused-ring (bicyclic) bond motifs is 3. The van der Waals surface area contributed by atoms with Crippen LogP contribution in [0.15, 0.2) is 54.3 Å². The Morgan fingerprint density at radius 1 is 1.14 bits per heavy atom. The number of rotatable bonds is 8. The van der Waals surface area contributed by atoms with Crippen molar-refractivity contribution in [1.29, 1.82) is 0 Å². The number of nitrogens with two attached hydrogens (primary N) is 1. The second-order valence-electron chi connectivity index (χ2n) is 9.58. The first kappa shape index (κ1) is 24.3.